The molecular weight excluding hydrogens is 264 g/mol. The van der Waals surface area contributed by atoms with Crippen LogP contribution in [0.5, 0.6) is 0 Å². The zero-order chi connectivity index (χ0) is 15.1. The largest absolute Gasteiger partial charge is 0.326 e. The van der Waals surface area contributed by atoms with Crippen molar-refractivity contribution in [3.63, 3.8) is 0 Å². The van der Waals surface area contributed by atoms with E-state index in [-0.39, 0.29) is 6.04 Å². The Balaban J connectivity index is 3.03. The molecule has 3 atom stereocenters. The highest BCUT2D eigenvalue weighted by molar-refractivity contribution is 7.12. The maximum absolute atomic E-state index is 6.49. The van der Waals surface area contributed by atoms with Crippen LogP contribution in [0.15, 0.2) is 12.1 Å². The van der Waals surface area contributed by atoms with Gasteiger partial charge < -0.3 is 5.73 Å². The quantitative estimate of drug-likeness (QED) is 0.713. The van der Waals surface area contributed by atoms with Gasteiger partial charge in [-0.3, -0.25) is 4.90 Å². The Morgan fingerprint density at radius 1 is 1.20 bits per heavy atom. The summed E-state index contributed by atoms with van der Waals surface area (Å²) in [6.07, 6.45) is 4.70. The van der Waals surface area contributed by atoms with Gasteiger partial charge in [0.05, 0.1) is 6.04 Å². The number of nitrogens with zero attached hydrogens (tertiary/aromatic N) is 1. The van der Waals surface area contributed by atoms with Crippen molar-refractivity contribution in [2.24, 2.45) is 5.73 Å². The van der Waals surface area contributed by atoms with Crippen LogP contribution >= 0.6 is 11.3 Å². The first-order valence-corrected chi connectivity index (χ1v) is 8.94. The van der Waals surface area contributed by atoms with Crippen LogP contribution in [0.25, 0.3) is 0 Å². The van der Waals surface area contributed by atoms with Gasteiger partial charge in [0.25, 0.3) is 0 Å². The average molecular weight is 297 g/mol. The molecule has 0 bridgehead atoms. The molecule has 0 aliphatic rings. The number of thiophene rings is 1. The fraction of sp³-hybridized carbons (Fsp3) is 0.765. The van der Waals surface area contributed by atoms with Crippen molar-refractivity contribution in [2.75, 3.05) is 6.54 Å². The smallest absolute Gasteiger partial charge is 0.0595 e. The monoisotopic (exact) mass is 296 g/mol. The second-order valence-corrected chi connectivity index (χ2v) is 7.13. The molecule has 3 heteroatoms. The van der Waals surface area contributed by atoms with Gasteiger partial charge >= 0.3 is 0 Å². The highest BCUT2D eigenvalue weighted by atomic mass is 32.1. The van der Waals surface area contributed by atoms with Crippen molar-refractivity contribution in [2.45, 2.75) is 78.4 Å². The molecule has 0 radical (unpaired) electrons. The summed E-state index contributed by atoms with van der Waals surface area (Å²) >= 11 is 1.91. The lowest BCUT2D eigenvalue weighted by Crippen LogP contribution is -2.45. The molecule has 2 N–H and O–H groups in total. The predicted octanol–water partition coefficient (Wildman–Crippen LogP) is 4.74. The van der Waals surface area contributed by atoms with E-state index in [1.807, 2.05) is 11.3 Å². The summed E-state index contributed by atoms with van der Waals surface area (Å²) < 4.78 is 0. The summed E-state index contributed by atoms with van der Waals surface area (Å²) in [5.41, 5.74) is 6.49. The highest BCUT2D eigenvalue weighted by Crippen LogP contribution is 2.33. The van der Waals surface area contributed by atoms with E-state index in [9.17, 15) is 0 Å². The van der Waals surface area contributed by atoms with E-state index in [2.05, 4.69) is 51.7 Å². The molecule has 1 rings (SSSR count). The zero-order valence-corrected chi connectivity index (χ0v) is 14.7. The van der Waals surface area contributed by atoms with Crippen LogP contribution in [0.3, 0.4) is 0 Å². The second kappa shape index (κ2) is 8.81. The third-order valence-corrected chi connectivity index (χ3v) is 5.29. The maximum atomic E-state index is 6.49. The summed E-state index contributed by atoms with van der Waals surface area (Å²) in [5.74, 6) is 0. The molecule has 1 aromatic heterocycles. The Kier molecular flexibility index (Phi) is 7.78. The summed E-state index contributed by atoms with van der Waals surface area (Å²) in [5, 5.41) is 0. The molecule has 116 valence electrons. The fourth-order valence-corrected chi connectivity index (χ4v) is 3.74. The Bertz CT molecular complexity index is 375. The van der Waals surface area contributed by atoms with Gasteiger partial charge in [-0.15, -0.1) is 11.3 Å². The third kappa shape index (κ3) is 4.57. The minimum Gasteiger partial charge on any atom is -0.326 e. The van der Waals surface area contributed by atoms with Crippen LogP contribution in [-0.4, -0.2) is 23.5 Å². The first-order valence-electron chi connectivity index (χ1n) is 8.12. The third-order valence-electron chi connectivity index (χ3n) is 4.21. The van der Waals surface area contributed by atoms with Crippen LogP contribution in [0.4, 0.5) is 0 Å². The lowest BCUT2D eigenvalue weighted by molar-refractivity contribution is 0.118. The zero-order valence-electron chi connectivity index (χ0n) is 13.9. The van der Waals surface area contributed by atoms with Crippen molar-refractivity contribution in [1.82, 2.24) is 4.90 Å². The molecule has 20 heavy (non-hydrogen) atoms. The van der Waals surface area contributed by atoms with Crippen molar-refractivity contribution < 1.29 is 0 Å². The molecule has 0 amide bonds. The van der Waals surface area contributed by atoms with Crippen molar-refractivity contribution in [3.8, 4) is 0 Å². The lowest BCUT2D eigenvalue weighted by Gasteiger charge is -2.39. The second-order valence-electron chi connectivity index (χ2n) is 5.81. The highest BCUT2D eigenvalue weighted by Gasteiger charge is 2.29. The molecule has 0 saturated carbocycles. The van der Waals surface area contributed by atoms with E-state index in [4.69, 9.17) is 5.73 Å². The number of aryl methyl sites for hydroxylation is 1. The van der Waals surface area contributed by atoms with E-state index in [0.717, 1.165) is 13.0 Å². The molecule has 0 aromatic carbocycles. The molecule has 0 saturated heterocycles. The first-order chi connectivity index (χ1) is 9.54. The Morgan fingerprint density at radius 2 is 1.90 bits per heavy atom. The predicted molar refractivity (Wildman–Crippen MR) is 91.4 cm³/mol. The summed E-state index contributed by atoms with van der Waals surface area (Å²) in [6.45, 7) is 12.4. The van der Waals surface area contributed by atoms with Gasteiger partial charge in [0.2, 0.25) is 0 Å². The topological polar surface area (TPSA) is 29.3 Å². The lowest BCUT2D eigenvalue weighted by atomic mass is 10.00. The minimum absolute atomic E-state index is 0.221. The van der Waals surface area contributed by atoms with Crippen LogP contribution in [0.1, 0.15) is 69.2 Å². The Labute approximate surface area is 129 Å². The molecule has 1 heterocycles. The van der Waals surface area contributed by atoms with Gasteiger partial charge in [0, 0.05) is 21.8 Å². The van der Waals surface area contributed by atoms with Gasteiger partial charge in [-0.1, -0.05) is 27.2 Å². The fourth-order valence-electron chi connectivity index (χ4n) is 2.66. The van der Waals surface area contributed by atoms with E-state index in [1.165, 1.54) is 29.0 Å². The van der Waals surface area contributed by atoms with Gasteiger partial charge in [-0.25, -0.2) is 0 Å². The summed E-state index contributed by atoms with van der Waals surface area (Å²) in [4.78, 5) is 5.46. The van der Waals surface area contributed by atoms with Crippen LogP contribution < -0.4 is 5.73 Å². The van der Waals surface area contributed by atoms with Crippen molar-refractivity contribution >= 4 is 11.3 Å². The van der Waals surface area contributed by atoms with Crippen molar-refractivity contribution in [1.29, 1.82) is 0 Å². The van der Waals surface area contributed by atoms with E-state index in [1.54, 1.807) is 0 Å². The molecule has 0 aliphatic heterocycles. The maximum Gasteiger partial charge on any atom is 0.0595 e. The van der Waals surface area contributed by atoms with Crippen LogP contribution in [0.2, 0.25) is 0 Å². The van der Waals surface area contributed by atoms with Crippen molar-refractivity contribution in [3.05, 3.63) is 21.9 Å². The van der Waals surface area contributed by atoms with Crippen LogP contribution in [-0.2, 0) is 0 Å². The van der Waals surface area contributed by atoms with Crippen LogP contribution in [0, 0.1) is 6.92 Å². The Hall–Kier alpha value is -0.380. The average Bonchev–Trinajstić information content (AvgIpc) is 2.87. The molecule has 2 nitrogen and oxygen atoms in total. The van der Waals surface area contributed by atoms with Gasteiger partial charge in [-0.05, 0) is 51.8 Å². The number of rotatable bonds is 9. The first kappa shape index (κ1) is 17.7. The van der Waals surface area contributed by atoms with E-state index in [0.29, 0.717) is 12.1 Å². The Morgan fingerprint density at radius 3 is 2.35 bits per heavy atom. The van der Waals surface area contributed by atoms with Gasteiger partial charge in [0.15, 0.2) is 0 Å². The normalized spacial score (nSPS) is 16.4. The van der Waals surface area contributed by atoms with E-state index < -0.39 is 0 Å². The number of hydrogen-bond acceptors (Lipinski definition) is 3. The number of nitrogens with two attached hydrogens (primary N) is 1. The summed E-state index contributed by atoms with van der Waals surface area (Å²) in [7, 11) is 0. The molecule has 1 aromatic rings. The minimum atomic E-state index is 0.221. The SMILES string of the molecule is CCCCN(C(C)CC)C(c1ccc(C)s1)C(N)CC. The molecule has 0 spiro atoms. The van der Waals surface area contributed by atoms with Gasteiger partial charge in [0.1, 0.15) is 0 Å². The summed E-state index contributed by atoms with van der Waals surface area (Å²) in [6, 6.07) is 5.69. The standard InChI is InChI=1S/C17H32N2S/c1-6-9-12-19(13(4)7-2)17(15(18)8-3)16-11-10-14(5)20-16/h10-11,13,15,17H,6-9,12,18H2,1-5H3. The van der Waals surface area contributed by atoms with Gasteiger partial charge in [-0.2, -0.15) is 0 Å². The molecule has 0 aliphatic carbocycles. The number of unbranched alkanes of at least 4 members (excludes halogenated alkanes) is 1. The number of hydrogen-bond donors (Lipinski definition) is 1. The molecule has 3 unspecified atom stereocenters. The molecule has 0 fully saturated rings. The molecular formula is C17H32N2S. The van der Waals surface area contributed by atoms with E-state index >= 15 is 0 Å².